The van der Waals surface area contributed by atoms with E-state index < -0.39 is 0 Å². The van der Waals surface area contributed by atoms with Crippen LogP contribution >= 0.6 is 11.6 Å². The third-order valence-corrected chi connectivity index (χ3v) is 4.47. The van der Waals surface area contributed by atoms with Gasteiger partial charge in [0.1, 0.15) is 5.75 Å². The summed E-state index contributed by atoms with van der Waals surface area (Å²) in [5, 5.41) is 8.00. The molecule has 0 aliphatic rings. The molecule has 0 radical (unpaired) electrons. The lowest BCUT2D eigenvalue weighted by atomic mass is 10.2. The number of anilines is 1. The summed E-state index contributed by atoms with van der Waals surface area (Å²) in [7, 11) is 0. The fourth-order valence-corrected chi connectivity index (χ4v) is 3.01. The molecular formula is C22H25ClN4O2. The Morgan fingerprint density at radius 3 is 2.79 bits per heavy atom. The Balaban J connectivity index is 1.70. The minimum atomic E-state index is -0.155. The van der Waals surface area contributed by atoms with Crippen molar-refractivity contribution < 1.29 is 9.53 Å². The summed E-state index contributed by atoms with van der Waals surface area (Å²) < 4.78 is 7.75. The number of aromatic nitrogens is 3. The summed E-state index contributed by atoms with van der Waals surface area (Å²) in [6.07, 6.45) is 1.87. The van der Waals surface area contributed by atoms with Gasteiger partial charge in [0.05, 0.1) is 19.6 Å². The SMILES string of the molecule is Cc1cc(NC(=O)Cc2ccccn2)nn1Cc1cc(Cl)ccc1OCC(C)C. The summed E-state index contributed by atoms with van der Waals surface area (Å²) in [6, 6.07) is 12.9. The monoisotopic (exact) mass is 412 g/mol. The van der Waals surface area contributed by atoms with Crippen molar-refractivity contribution in [3.63, 3.8) is 0 Å². The number of carbonyl (C=O) groups excluding carboxylic acids is 1. The van der Waals surface area contributed by atoms with Gasteiger partial charge in [0.15, 0.2) is 5.82 Å². The van der Waals surface area contributed by atoms with E-state index in [2.05, 4.69) is 29.2 Å². The van der Waals surface area contributed by atoms with Crippen LogP contribution in [0.1, 0.15) is 30.8 Å². The summed E-state index contributed by atoms with van der Waals surface area (Å²) in [6.45, 7) is 7.28. The van der Waals surface area contributed by atoms with Crippen LogP contribution in [-0.4, -0.2) is 27.3 Å². The van der Waals surface area contributed by atoms with Gasteiger partial charge in [0.25, 0.3) is 0 Å². The average Bonchev–Trinajstić information content (AvgIpc) is 3.00. The minimum Gasteiger partial charge on any atom is -0.493 e. The predicted molar refractivity (Wildman–Crippen MR) is 114 cm³/mol. The molecule has 0 saturated carbocycles. The van der Waals surface area contributed by atoms with Crippen LogP contribution < -0.4 is 10.1 Å². The number of amides is 1. The molecule has 1 N–H and O–H groups in total. The van der Waals surface area contributed by atoms with E-state index in [1.165, 1.54) is 0 Å². The number of hydrogen-bond acceptors (Lipinski definition) is 4. The number of benzene rings is 1. The highest BCUT2D eigenvalue weighted by molar-refractivity contribution is 6.30. The van der Waals surface area contributed by atoms with Crippen LogP contribution in [0.4, 0.5) is 5.82 Å². The smallest absolute Gasteiger partial charge is 0.231 e. The fourth-order valence-electron chi connectivity index (χ4n) is 2.82. The zero-order valence-corrected chi connectivity index (χ0v) is 17.6. The quantitative estimate of drug-likeness (QED) is 0.591. The molecule has 2 aromatic heterocycles. The molecule has 6 nitrogen and oxygen atoms in total. The molecule has 0 fully saturated rings. The second-order valence-electron chi connectivity index (χ2n) is 7.33. The maximum atomic E-state index is 12.3. The second kappa shape index (κ2) is 9.56. The van der Waals surface area contributed by atoms with Gasteiger partial charge in [-0.2, -0.15) is 5.10 Å². The van der Waals surface area contributed by atoms with Crippen molar-refractivity contribution >= 4 is 23.3 Å². The lowest BCUT2D eigenvalue weighted by Crippen LogP contribution is -2.16. The van der Waals surface area contributed by atoms with E-state index in [4.69, 9.17) is 16.3 Å². The number of nitrogens with one attached hydrogen (secondary N) is 1. The van der Waals surface area contributed by atoms with Crippen LogP contribution in [0.5, 0.6) is 5.75 Å². The summed E-state index contributed by atoms with van der Waals surface area (Å²) >= 11 is 6.19. The summed E-state index contributed by atoms with van der Waals surface area (Å²) in [5.74, 6) is 1.57. The van der Waals surface area contributed by atoms with Crippen LogP contribution in [0.3, 0.4) is 0 Å². The number of aryl methyl sites for hydroxylation is 1. The van der Waals surface area contributed by atoms with Crippen LogP contribution in [-0.2, 0) is 17.8 Å². The van der Waals surface area contributed by atoms with Gasteiger partial charge >= 0.3 is 0 Å². The average molecular weight is 413 g/mol. The lowest BCUT2D eigenvalue weighted by Gasteiger charge is -2.14. The molecule has 7 heteroatoms. The first-order valence-corrected chi connectivity index (χ1v) is 9.94. The Labute approximate surface area is 175 Å². The first-order chi connectivity index (χ1) is 13.9. The molecule has 0 unspecified atom stereocenters. The molecule has 152 valence electrons. The molecule has 1 aromatic carbocycles. The third-order valence-electron chi connectivity index (χ3n) is 4.23. The number of nitrogens with zero attached hydrogens (tertiary/aromatic N) is 3. The first-order valence-electron chi connectivity index (χ1n) is 9.56. The van der Waals surface area contributed by atoms with Crippen LogP contribution in [0.15, 0.2) is 48.7 Å². The van der Waals surface area contributed by atoms with Gasteiger partial charge in [0, 0.05) is 34.2 Å². The van der Waals surface area contributed by atoms with Crippen LogP contribution in [0.25, 0.3) is 0 Å². The van der Waals surface area contributed by atoms with E-state index in [1.54, 1.807) is 6.20 Å². The highest BCUT2D eigenvalue weighted by atomic mass is 35.5. The van der Waals surface area contributed by atoms with Crippen molar-refractivity contribution in [1.29, 1.82) is 0 Å². The first kappa shape index (κ1) is 20.9. The highest BCUT2D eigenvalue weighted by Crippen LogP contribution is 2.25. The lowest BCUT2D eigenvalue weighted by molar-refractivity contribution is -0.115. The maximum Gasteiger partial charge on any atom is 0.231 e. The van der Waals surface area contributed by atoms with Crippen molar-refractivity contribution in [2.24, 2.45) is 5.92 Å². The molecule has 0 atom stereocenters. The molecule has 0 bridgehead atoms. The van der Waals surface area contributed by atoms with Crippen LogP contribution in [0.2, 0.25) is 5.02 Å². The maximum absolute atomic E-state index is 12.3. The van der Waals surface area contributed by atoms with Gasteiger partial charge in [-0.15, -0.1) is 0 Å². The molecule has 3 rings (SSSR count). The van der Waals surface area contributed by atoms with Gasteiger partial charge in [-0.1, -0.05) is 31.5 Å². The molecule has 29 heavy (non-hydrogen) atoms. The Morgan fingerprint density at radius 2 is 2.07 bits per heavy atom. The van der Waals surface area contributed by atoms with Crippen molar-refractivity contribution in [2.75, 3.05) is 11.9 Å². The molecule has 3 aromatic rings. The van der Waals surface area contributed by atoms with Gasteiger partial charge in [0.2, 0.25) is 5.91 Å². The van der Waals surface area contributed by atoms with E-state index in [1.807, 2.05) is 54.1 Å². The molecule has 2 heterocycles. The van der Waals surface area contributed by atoms with E-state index in [0.29, 0.717) is 35.6 Å². The molecule has 0 aliphatic heterocycles. The topological polar surface area (TPSA) is 69.0 Å². The number of pyridine rings is 1. The van der Waals surface area contributed by atoms with Gasteiger partial charge in [-0.3, -0.25) is 14.5 Å². The Kier molecular flexibility index (Phi) is 6.88. The normalized spacial score (nSPS) is 10.9. The zero-order valence-electron chi connectivity index (χ0n) is 16.9. The summed E-state index contributed by atoms with van der Waals surface area (Å²) in [5.41, 5.74) is 2.58. The number of rotatable bonds is 8. The van der Waals surface area contributed by atoms with E-state index in [9.17, 15) is 4.79 Å². The Hall–Kier alpha value is -2.86. The number of hydrogen-bond donors (Lipinski definition) is 1. The minimum absolute atomic E-state index is 0.155. The van der Waals surface area contributed by atoms with Crippen molar-refractivity contribution in [1.82, 2.24) is 14.8 Å². The summed E-state index contributed by atoms with van der Waals surface area (Å²) in [4.78, 5) is 16.4. The van der Waals surface area contributed by atoms with Crippen molar-refractivity contribution in [3.8, 4) is 5.75 Å². The van der Waals surface area contributed by atoms with E-state index >= 15 is 0 Å². The number of ether oxygens (including phenoxy) is 1. The highest BCUT2D eigenvalue weighted by Gasteiger charge is 2.12. The van der Waals surface area contributed by atoms with Crippen molar-refractivity contribution in [3.05, 3.63) is 70.6 Å². The Bertz CT molecular complexity index is 970. The van der Waals surface area contributed by atoms with Gasteiger partial charge in [-0.05, 0) is 43.2 Å². The molecular weight excluding hydrogens is 388 g/mol. The fraction of sp³-hybridized carbons (Fsp3) is 0.318. The number of halogens is 1. The second-order valence-corrected chi connectivity index (χ2v) is 7.77. The van der Waals surface area contributed by atoms with Gasteiger partial charge < -0.3 is 10.1 Å². The number of carbonyl (C=O) groups is 1. The standard InChI is InChI=1S/C22H25ClN4O2/c1-15(2)14-29-20-8-7-18(23)11-17(20)13-27-16(3)10-21(26-27)25-22(28)12-19-6-4-5-9-24-19/h4-11,15H,12-14H2,1-3H3,(H,25,26,28). The predicted octanol–water partition coefficient (Wildman–Crippen LogP) is 4.50. The van der Waals surface area contributed by atoms with E-state index in [-0.39, 0.29) is 12.3 Å². The molecule has 1 amide bonds. The zero-order chi connectivity index (χ0) is 20.8. The van der Waals surface area contributed by atoms with Crippen molar-refractivity contribution in [2.45, 2.75) is 33.7 Å². The van der Waals surface area contributed by atoms with E-state index in [0.717, 1.165) is 17.0 Å². The molecule has 0 aliphatic carbocycles. The van der Waals surface area contributed by atoms with Gasteiger partial charge in [-0.25, -0.2) is 0 Å². The molecule has 0 spiro atoms. The van der Waals surface area contributed by atoms with Crippen LogP contribution in [0, 0.1) is 12.8 Å². The molecule has 0 saturated heterocycles. The Morgan fingerprint density at radius 1 is 1.24 bits per heavy atom. The third kappa shape index (κ3) is 6.06. The largest absolute Gasteiger partial charge is 0.493 e.